The number of hydrogen-bond acceptors (Lipinski definition) is 6. The van der Waals surface area contributed by atoms with Crippen LogP contribution >= 0.6 is 0 Å². The summed E-state index contributed by atoms with van der Waals surface area (Å²) in [7, 11) is 0. The van der Waals surface area contributed by atoms with E-state index < -0.39 is 0 Å². The Morgan fingerprint density at radius 2 is 2.22 bits per heavy atom. The highest BCUT2D eigenvalue weighted by Crippen LogP contribution is 2.21. The van der Waals surface area contributed by atoms with Crippen molar-refractivity contribution in [3.8, 4) is 11.3 Å². The molecule has 4 rings (SSSR count). The van der Waals surface area contributed by atoms with E-state index >= 15 is 0 Å². The van der Waals surface area contributed by atoms with E-state index in [1.54, 1.807) is 4.52 Å². The number of rotatable bonds is 5. The highest BCUT2D eigenvalue weighted by Gasteiger charge is 2.16. The van der Waals surface area contributed by atoms with Gasteiger partial charge in [-0.1, -0.05) is 30.3 Å². The molecule has 2 aromatic heterocycles. The Kier molecular flexibility index (Phi) is 3.87. The van der Waals surface area contributed by atoms with Gasteiger partial charge in [-0.15, -0.1) is 0 Å². The summed E-state index contributed by atoms with van der Waals surface area (Å²) in [5.74, 6) is 1.66. The van der Waals surface area contributed by atoms with Gasteiger partial charge in [0.2, 0.25) is 0 Å². The molecule has 23 heavy (non-hydrogen) atoms. The standard InChI is InChI=1S/C16H17N5O2/c1-2-4-13(5-3-1)14-8-15(21-16(19-14)17-11-18-21)20-23-10-12-6-7-22-9-12/h1-5,8,11-12,20H,6-7,9-10H2. The molecule has 1 fully saturated rings. The van der Waals surface area contributed by atoms with Gasteiger partial charge in [0.25, 0.3) is 5.78 Å². The smallest absolute Gasteiger partial charge is 0.254 e. The maximum atomic E-state index is 5.63. The fourth-order valence-corrected chi connectivity index (χ4v) is 2.59. The lowest BCUT2D eigenvalue weighted by molar-refractivity contribution is 0.126. The lowest BCUT2D eigenvalue weighted by Crippen LogP contribution is -2.15. The van der Waals surface area contributed by atoms with Crippen LogP contribution in [0.4, 0.5) is 5.82 Å². The van der Waals surface area contributed by atoms with Crippen LogP contribution in [0.3, 0.4) is 0 Å². The molecule has 7 nitrogen and oxygen atoms in total. The van der Waals surface area contributed by atoms with E-state index in [2.05, 4.69) is 20.5 Å². The van der Waals surface area contributed by atoms with Gasteiger partial charge in [0.1, 0.15) is 6.33 Å². The maximum absolute atomic E-state index is 5.63. The number of ether oxygens (including phenoxy) is 1. The van der Waals surface area contributed by atoms with Crippen molar-refractivity contribution in [2.75, 3.05) is 25.3 Å². The fraction of sp³-hybridized carbons (Fsp3) is 0.312. The third kappa shape index (κ3) is 3.01. The highest BCUT2D eigenvalue weighted by atomic mass is 16.6. The van der Waals surface area contributed by atoms with E-state index in [1.165, 1.54) is 6.33 Å². The predicted molar refractivity (Wildman–Crippen MR) is 84.7 cm³/mol. The van der Waals surface area contributed by atoms with Gasteiger partial charge in [-0.2, -0.15) is 14.6 Å². The highest BCUT2D eigenvalue weighted by molar-refractivity contribution is 5.64. The van der Waals surface area contributed by atoms with Crippen LogP contribution in [0.2, 0.25) is 0 Å². The minimum Gasteiger partial charge on any atom is -0.381 e. The minimum absolute atomic E-state index is 0.434. The van der Waals surface area contributed by atoms with Crippen molar-refractivity contribution in [1.82, 2.24) is 19.6 Å². The van der Waals surface area contributed by atoms with Crippen LogP contribution in [0.15, 0.2) is 42.7 Å². The first kappa shape index (κ1) is 14.1. The molecule has 0 aliphatic carbocycles. The van der Waals surface area contributed by atoms with Gasteiger partial charge >= 0.3 is 0 Å². The van der Waals surface area contributed by atoms with Crippen molar-refractivity contribution < 1.29 is 9.57 Å². The molecule has 1 N–H and O–H groups in total. The second kappa shape index (κ2) is 6.31. The molecule has 1 aliphatic rings. The number of benzene rings is 1. The van der Waals surface area contributed by atoms with E-state index in [0.29, 0.717) is 24.1 Å². The van der Waals surface area contributed by atoms with Crippen LogP contribution in [0.1, 0.15) is 6.42 Å². The zero-order valence-electron chi connectivity index (χ0n) is 12.6. The van der Waals surface area contributed by atoms with Crippen molar-refractivity contribution in [2.24, 2.45) is 5.92 Å². The largest absolute Gasteiger partial charge is 0.381 e. The number of aromatic nitrogens is 4. The molecule has 3 heterocycles. The van der Waals surface area contributed by atoms with Crippen LogP contribution in [-0.4, -0.2) is 39.4 Å². The van der Waals surface area contributed by atoms with E-state index in [0.717, 1.165) is 30.9 Å². The SMILES string of the molecule is c1ccc(-c2cc(NOCC3CCOC3)n3ncnc3n2)cc1. The maximum Gasteiger partial charge on any atom is 0.254 e. The van der Waals surface area contributed by atoms with Gasteiger partial charge in [0.15, 0.2) is 5.82 Å². The third-order valence-electron chi connectivity index (χ3n) is 3.84. The first-order chi connectivity index (χ1) is 11.4. The molecule has 0 bridgehead atoms. The van der Waals surface area contributed by atoms with Crippen LogP contribution in [-0.2, 0) is 9.57 Å². The summed E-state index contributed by atoms with van der Waals surface area (Å²) in [6.45, 7) is 2.17. The van der Waals surface area contributed by atoms with Crippen LogP contribution in [0, 0.1) is 5.92 Å². The first-order valence-corrected chi connectivity index (χ1v) is 7.62. The Morgan fingerprint density at radius 3 is 3.04 bits per heavy atom. The molecule has 7 heteroatoms. The molecule has 1 saturated heterocycles. The number of nitrogens with zero attached hydrogens (tertiary/aromatic N) is 4. The Balaban J connectivity index is 1.58. The average molecular weight is 311 g/mol. The van der Waals surface area contributed by atoms with Crippen LogP contribution in [0.25, 0.3) is 17.0 Å². The first-order valence-electron chi connectivity index (χ1n) is 7.62. The van der Waals surface area contributed by atoms with Crippen molar-refractivity contribution in [1.29, 1.82) is 0 Å². The molecule has 1 unspecified atom stereocenters. The Labute approximate surface area is 133 Å². The van der Waals surface area contributed by atoms with E-state index in [4.69, 9.17) is 9.57 Å². The third-order valence-corrected chi connectivity index (χ3v) is 3.84. The van der Waals surface area contributed by atoms with Gasteiger partial charge in [-0.3, -0.25) is 4.84 Å². The van der Waals surface area contributed by atoms with Crippen molar-refractivity contribution in [3.63, 3.8) is 0 Å². The van der Waals surface area contributed by atoms with Gasteiger partial charge < -0.3 is 4.74 Å². The van der Waals surface area contributed by atoms with Gasteiger partial charge in [0, 0.05) is 24.2 Å². The van der Waals surface area contributed by atoms with E-state index in [1.807, 2.05) is 36.4 Å². The summed E-state index contributed by atoms with van der Waals surface area (Å²) < 4.78 is 6.97. The number of fused-ring (bicyclic) bond motifs is 1. The minimum atomic E-state index is 0.434. The average Bonchev–Trinajstić information content (AvgIpc) is 3.26. The lowest BCUT2D eigenvalue weighted by Gasteiger charge is -2.12. The normalized spacial score (nSPS) is 17.7. The molecule has 1 atom stereocenters. The summed E-state index contributed by atoms with van der Waals surface area (Å²) in [6.07, 6.45) is 2.51. The summed E-state index contributed by atoms with van der Waals surface area (Å²) in [6, 6.07) is 11.9. The zero-order chi connectivity index (χ0) is 15.5. The lowest BCUT2D eigenvalue weighted by atomic mass is 10.1. The van der Waals surface area contributed by atoms with Gasteiger partial charge in [-0.25, -0.2) is 10.5 Å². The molecule has 0 amide bonds. The number of hydrogen-bond donors (Lipinski definition) is 1. The van der Waals surface area contributed by atoms with E-state index in [9.17, 15) is 0 Å². The topological polar surface area (TPSA) is 73.6 Å². The predicted octanol–water partition coefficient (Wildman–Crippen LogP) is 2.17. The van der Waals surface area contributed by atoms with Crippen molar-refractivity contribution >= 4 is 11.6 Å². The van der Waals surface area contributed by atoms with E-state index in [-0.39, 0.29) is 0 Å². The Bertz CT molecular complexity index is 784. The molecule has 0 spiro atoms. The summed E-state index contributed by atoms with van der Waals surface area (Å²) in [5, 5.41) is 4.18. The quantitative estimate of drug-likeness (QED) is 0.728. The second-order valence-electron chi connectivity index (χ2n) is 5.51. The zero-order valence-corrected chi connectivity index (χ0v) is 12.6. The van der Waals surface area contributed by atoms with Gasteiger partial charge in [-0.05, 0) is 6.42 Å². The molecule has 1 aliphatic heterocycles. The molecule has 3 aromatic rings. The summed E-state index contributed by atoms with van der Waals surface area (Å²) >= 11 is 0. The summed E-state index contributed by atoms with van der Waals surface area (Å²) in [5.41, 5.74) is 4.82. The van der Waals surface area contributed by atoms with Gasteiger partial charge in [0.05, 0.1) is 18.9 Å². The van der Waals surface area contributed by atoms with Crippen LogP contribution in [0.5, 0.6) is 0 Å². The van der Waals surface area contributed by atoms with Crippen molar-refractivity contribution in [2.45, 2.75) is 6.42 Å². The molecule has 0 radical (unpaired) electrons. The summed E-state index contributed by atoms with van der Waals surface area (Å²) in [4.78, 5) is 14.3. The second-order valence-corrected chi connectivity index (χ2v) is 5.51. The Morgan fingerprint density at radius 1 is 1.30 bits per heavy atom. The Hall–Kier alpha value is -2.51. The fourth-order valence-electron chi connectivity index (χ4n) is 2.59. The van der Waals surface area contributed by atoms with Crippen LogP contribution < -0.4 is 5.48 Å². The number of nitrogens with one attached hydrogen (secondary N) is 1. The molecular formula is C16H17N5O2. The monoisotopic (exact) mass is 311 g/mol. The molecule has 118 valence electrons. The molecular weight excluding hydrogens is 294 g/mol. The van der Waals surface area contributed by atoms with Crippen molar-refractivity contribution in [3.05, 3.63) is 42.7 Å². The molecule has 0 saturated carbocycles. The molecule has 1 aromatic carbocycles. The number of anilines is 1.